The van der Waals surface area contributed by atoms with Gasteiger partial charge in [-0.05, 0) is 37.8 Å². The molecule has 1 aliphatic carbocycles. The minimum Gasteiger partial charge on any atom is -0.389 e. The van der Waals surface area contributed by atoms with E-state index >= 15 is 0 Å². The highest BCUT2D eigenvalue weighted by Crippen LogP contribution is 2.36. The van der Waals surface area contributed by atoms with Gasteiger partial charge in [-0.1, -0.05) is 30.4 Å². The van der Waals surface area contributed by atoms with Gasteiger partial charge in [0, 0.05) is 24.0 Å². The summed E-state index contributed by atoms with van der Waals surface area (Å²) >= 11 is 5.20. The van der Waals surface area contributed by atoms with Crippen molar-refractivity contribution in [1.29, 1.82) is 0 Å². The summed E-state index contributed by atoms with van der Waals surface area (Å²) in [5.41, 5.74) is 7.74. The monoisotopic (exact) mass is 285 g/mol. The Morgan fingerprint density at radius 2 is 2.10 bits per heavy atom. The quantitative estimate of drug-likeness (QED) is 0.877. The molecule has 1 aromatic carbocycles. The van der Waals surface area contributed by atoms with E-state index < -0.39 is 0 Å². The van der Waals surface area contributed by atoms with E-state index in [-0.39, 0.29) is 0 Å². The van der Waals surface area contributed by atoms with Crippen molar-refractivity contribution in [1.82, 2.24) is 4.98 Å². The average Bonchev–Trinajstić information content (AvgIpc) is 3.29. The lowest BCUT2D eigenvalue weighted by atomic mass is 10.1. The smallest absolute Gasteiger partial charge is 0.129 e. The zero-order valence-electron chi connectivity index (χ0n) is 11.8. The molecule has 0 amide bonds. The number of hydrogen-bond acceptors (Lipinski definition) is 3. The van der Waals surface area contributed by atoms with E-state index in [0.29, 0.717) is 11.0 Å². The van der Waals surface area contributed by atoms with Gasteiger partial charge in [0.2, 0.25) is 0 Å². The molecule has 2 N–H and O–H groups in total. The van der Waals surface area contributed by atoms with Crippen LogP contribution >= 0.6 is 12.2 Å². The SMILES string of the molecule is CC(C1CC1)N(C)c1cc(C(N)=S)c2ccccc2n1. The third kappa shape index (κ3) is 2.36. The zero-order chi connectivity index (χ0) is 14.3. The second-order valence-electron chi connectivity index (χ2n) is 5.60. The van der Waals surface area contributed by atoms with E-state index in [1.54, 1.807) is 0 Å². The summed E-state index contributed by atoms with van der Waals surface area (Å²) in [7, 11) is 2.10. The van der Waals surface area contributed by atoms with E-state index in [1.165, 1.54) is 12.8 Å². The minimum atomic E-state index is 0.428. The number of fused-ring (bicyclic) bond motifs is 1. The van der Waals surface area contributed by atoms with Crippen LogP contribution in [0.3, 0.4) is 0 Å². The van der Waals surface area contributed by atoms with Crippen molar-refractivity contribution < 1.29 is 0 Å². The summed E-state index contributed by atoms with van der Waals surface area (Å²) < 4.78 is 0. The molecule has 104 valence electrons. The van der Waals surface area contributed by atoms with Gasteiger partial charge in [0.15, 0.2) is 0 Å². The Kier molecular flexibility index (Phi) is 3.34. The molecule has 0 aliphatic heterocycles. The van der Waals surface area contributed by atoms with Crippen LogP contribution in [0.5, 0.6) is 0 Å². The number of nitrogens with zero attached hydrogens (tertiary/aromatic N) is 2. The van der Waals surface area contributed by atoms with Crippen LogP contribution in [-0.2, 0) is 0 Å². The average molecular weight is 285 g/mol. The molecule has 0 bridgehead atoms. The van der Waals surface area contributed by atoms with E-state index in [4.69, 9.17) is 22.9 Å². The number of anilines is 1. The summed E-state index contributed by atoms with van der Waals surface area (Å²) in [5.74, 6) is 1.74. The van der Waals surface area contributed by atoms with Crippen molar-refractivity contribution in [2.75, 3.05) is 11.9 Å². The number of rotatable bonds is 4. The zero-order valence-corrected chi connectivity index (χ0v) is 12.7. The van der Waals surface area contributed by atoms with E-state index in [1.807, 2.05) is 30.3 Å². The molecular formula is C16H19N3S. The topological polar surface area (TPSA) is 42.1 Å². The van der Waals surface area contributed by atoms with Crippen molar-refractivity contribution in [2.45, 2.75) is 25.8 Å². The standard InChI is InChI=1S/C16H19N3S/c1-10(11-7-8-11)19(2)15-9-13(16(17)20)12-5-3-4-6-14(12)18-15/h3-6,9-11H,7-8H2,1-2H3,(H2,17,20). The van der Waals surface area contributed by atoms with Gasteiger partial charge in [0.05, 0.1) is 5.52 Å². The molecule has 0 radical (unpaired) electrons. The largest absolute Gasteiger partial charge is 0.389 e. The van der Waals surface area contributed by atoms with Crippen molar-refractivity contribution in [3.63, 3.8) is 0 Å². The molecule has 1 fully saturated rings. The fraction of sp³-hybridized carbons (Fsp3) is 0.375. The highest BCUT2D eigenvalue weighted by atomic mass is 32.1. The highest BCUT2D eigenvalue weighted by Gasteiger charge is 2.31. The summed E-state index contributed by atoms with van der Waals surface area (Å²) in [6.07, 6.45) is 2.64. The lowest BCUT2D eigenvalue weighted by Crippen LogP contribution is -2.31. The number of hydrogen-bond donors (Lipinski definition) is 1. The van der Waals surface area contributed by atoms with E-state index in [0.717, 1.165) is 28.2 Å². The van der Waals surface area contributed by atoms with Crippen LogP contribution in [0.1, 0.15) is 25.3 Å². The number of aromatic nitrogens is 1. The Labute approximate surface area is 124 Å². The summed E-state index contributed by atoms with van der Waals surface area (Å²) in [6.45, 7) is 2.26. The van der Waals surface area contributed by atoms with Crippen LogP contribution in [0.4, 0.5) is 5.82 Å². The maximum Gasteiger partial charge on any atom is 0.129 e. The van der Waals surface area contributed by atoms with Crippen molar-refractivity contribution in [3.8, 4) is 0 Å². The lowest BCUT2D eigenvalue weighted by Gasteiger charge is -2.26. The third-order valence-corrected chi connectivity index (χ3v) is 4.46. The Bertz CT molecular complexity index is 664. The molecule has 3 rings (SSSR count). The maximum absolute atomic E-state index is 5.88. The predicted octanol–water partition coefficient (Wildman–Crippen LogP) is 3.10. The number of benzene rings is 1. The number of pyridine rings is 1. The van der Waals surface area contributed by atoms with Gasteiger partial charge in [-0.15, -0.1) is 0 Å². The first-order chi connectivity index (χ1) is 9.58. The predicted molar refractivity (Wildman–Crippen MR) is 88.2 cm³/mol. The molecule has 0 saturated heterocycles. The molecule has 4 heteroatoms. The summed E-state index contributed by atoms with van der Waals surface area (Å²) in [4.78, 5) is 7.43. The molecule has 2 aromatic rings. The first-order valence-corrected chi connectivity index (χ1v) is 7.41. The molecule has 1 aromatic heterocycles. The molecule has 0 spiro atoms. The molecular weight excluding hydrogens is 266 g/mol. The van der Waals surface area contributed by atoms with Crippen LogP contribution in [0.2, 0.25) is 0 Å². The fourth-order valence-electron chi connectivity index (χ4n) is 2.65. The first-order valence-electron chi connectivity index (χ1n) is 7.00. The maximum atomic E-state index is 5.88. The van der Waals surface area contributed by atoms with Gasteiger partial charge in [-0.25, -0.2) is 4.98 Å². The first kappa shape index (κ1) is 13.3. The minimum absolute atomic E-state index is 0.428. The van der Waals surface area contributed by atoms with Gasteiger partial charge in [-0.2, -0.15) is 0 Å². The van der Waals surface area contributed by atoms with Crippen LogP contribution in [-0.4, -0.2) is 23.1 Å². The Hall–Kier alpha value is -1.68. The normalized spacial score (nSPS) is 16.1. The number of thiocarbonyl (C=S) groups is 1. The fourth-order valence-corrected chi connectivity index (χ4v) is 2.82. The van der Waals surface area contributed by atoms with Crippen LogP contribution < -0.4 is 10.6 Å². The molecule has 20 heavy (non-hydrogen) atoms. The Morgan fingerprint density at radius 3 is 2.75 bits per heavy atom. The van der Waals surface area contributed by atoms with Crippen LogP contribution in [0.25, 0.3) is 10.9 Å². The van der Waals surface area contributed by atoms with Crippen molar-refractivity contribution >= 4 is 33.9 Å². The molecule has 1 unspecified atom stereocenters. The second kappa shape index (κ2) is 5.02. The number of para-hydroxylation sites is 1. The molecule has 1 heterocycles. The Balaban J connectivity index is 2.09. The van der Waals surface area contributed by atoms with Gasteiger partial charge in [-0.3, -0.25) is 0 Å². The highest BCUT2D eigenvalue weighted by molar-refractivity contribution is 7.80. The Morgan fingerprint density at radius 1 is 1.40 bits per heavy atom. The van der Waals surface area contributed by atoms with Gasteiger partial charge in [0.1, 0.15) is 10.8 Å². The third-order valence-electron chi connectivity index (χ3n) is 4.24. The van der Waals surface area contributed by atoms with Gasteiger partial charge < -0.3 is 10.6 Å². The van der Waals surface area contributed by atoms with Crippen LogP contribution in [0, 0.1) is 5.92 Å². The molecule has 1 aliphatic rings. The second-order valence-corrected chi connectivity index (χ2v) is 6.04. The van der Waals surface area contributed by atoms with Gasteiger partial charge in [0.25, 0.3) is 0 Å². The van der Waals surface area contributed by atoms with Crippen LogP contribution in [0.15, 0.2) is 30.3 Å². The molecule has 1 atom stereocenters. The number of nitrogens with two attached hydrogens (primary N) is 1. The van der Waals surface area contributed by atoms with Gasteiger partial charge >= 0.3 is 0 Å². The molecule has 3 nitrogen and oxygen atoms in total. The van der Waals surface area contributed by atoms with Crippen molar-refractivity contribution in [3.05, 3.63) is 35.9 Å². The molecule has 1 saturated carbocycles. The summed E-state index contributed by atoms with van der Waals surface area (Å²) in [6, 6.07) is 10.5. The van der Waals surface area contributed by atoms with E-state index in [2.05, 4.69) is 18.9 Å². The van der Waals surface area contributed by atoms with E-state index in [9.17, 15) is 0 Å². The lowest BCUT2D eigenvalue weighted by molar-refractivity contribution is 0.604. The van der Waals surface area contributed by atoms with Crippen molar-refractivity contribution in [2.24, 2.45) is 11.7 Å². The summed E-state index contributed by atoms with van der Waals surface area (Å²) in [5, 5.41) is 1.02.